The molecule has 19 heavy (non-hydrogen) atoms. The van der Waals surface area contributed by atoms with Crippen molar-refractivity contribution in [2.45, 2.75) is 19.6 Å². The Balaban J connectivity index is 2.71. The highest BCUT2D eigenvalue weighted by Crippen LogP contribution is 2.18. The van der Waals surface area contributed by atoms with Crippen LogP contribution in [-0.2, 0) is 16.1 Å². The van der Waals surface area contributed by atoms with E-state index in [1.165, 1.54) is 0 Å². The second kappa shape index (κ2) is 7.13. The van der Waals surface area contributed by atoms with E-state index in [0.29, 0.717) is 5.56 Å². The number of rotatable bonds is 6. The summed E-state index contributed by atoms with van der Waals surface area (Å²) in [6.45, 7) is 0.287. The van der Waals surface area contributed by atoms with E-state index in [2.05, 4.69) is 0 Å². The number of alkyl halides is 3. The van der Waals surface area contributed by atoms with Crippen molar-refractivity contribution < 1.29 is 22.7 Å². The van der Waals surface area contributed by atoms with Gasteiger partial charge in [-0.2, -0.15) is 13.2 Å². The first-order valence-electron chi connectivity index (χ1n) is 5.88. The third-order valence-corrected chi connectivity index (χ3v) is 2.37. The Morgan fingerprint density at radius 1 is 1.26 bits per heavy atom. The minimum atomic E-state index is -4.42. The van der Waals surface area contributed by atoms with Gasteiger partial charge in [-0.15, -0.1) is 0 Å². The second-order valence-electron chi connectivity index (χ2n) is 3.99. The standard InChI is InChI=1S/C13H16F3NO2/c1-2-19-9-12(18)17(10-13(14,15)16)8-11-6-4-3-5-7-11/h3-7H,2,8-10H2,1H3. The zero-order chi connectivity index (χ0) is 14.3. The summed E-state index contributed by atoms with van der Waals surface area (Å²) < 4.78 is 42.2. The quantitative estimate of drug-likeness (QED) is 0.798. The van der Waals surface area contributed by atoms with Crippen molar-refractivity contribution in [2.24, 2.45) is 0 Å². The van der Waals surface area contributed by atoms with E-state index in [4.69, 9.17) is 4.74 Å². The Labute approximate surface area is 110 Å². The van der Waals surface area contributed by atoms with Crippen molar-refractivity contribution in [1.29, 1.82) is 0 Å². The molecule has 6 heteroatoms. The number of nitrogens with zero attached hydrogens (tertiary/aromatic N) is 1. The van der Waals surface area contributed by atoms with Crippen molar-refractivity contribution in [3.8, 4) is 0 Å². The van der Waals surface area contributed by atoms with Gasteiger partial charge in [0.2, 0.25) is 5.91 Å². The van der Waals surface area contributed by atoms with E-state index in [1.54, 1.807) is 37.3 Å². The van der Waals surface area contributed by atoms with Crippen LogP contribution in [0.2, 0.25) is 0 Å². The molecule has 0 saturated carbocycles. The second-order valence-corrected chi connectivity index (χ2v) is 3.99. The fourth-order valence-corrected chi connectivity index (χ4v) is 1.53. The van der Waals surface area contributed by atoms with Crippen molar-refractivity contribution in [3.63, 3.8) is 0 Å². The molecule has 0 aliphatic heterocycles. The SMILES string of the molecule is CCOCC(=O)N(Cc1ccccc1)CC(F)(F)F. The van der Waals surface area contributed by atoms with Crippen LogP contribution in [0.25, 0.3) is 0 Å². The van der Waals surface area contributed by atoms with Crippen molar-refractivity contribution >= 4 is 5.91 Å². The third-order valence-electron chi connectivity index (χ3n) is 2.37. The maximum Gasteiger partial charge on any atom is 0.406 e. The molecule has 0 radical (unpaired) electrons. The lowest BCUT2D eigenvalue weighted by molar-refractivity contribution is -0.165. The molecule has 0 unspecified atom stereocenters. The number of hydrogen-bond donors (Lipinski definition) is 0. The summed E-state index contributed by atoms with van der Waals surface area (Å²) in [7, 11) is 0. The fraction of sp³-hybridized carbons (Fsp3) is 0.462. The molecule has 0 saturated heterocycles. The maximum absolute atomic E-state index is 12.5. The van der Waals surface area contributed by atoms with Gasteiger partial charge in [-0.1, -0.05) is 30.3 Å². The van der Waals surface area contributed by atoms with Gasteiger partial charge in [0.1, 0.15) is 13.2 Å². The fourth-order valence-electron chi connectivity index (χ4n) is 1.53. The van der Waals surface area contributed by atoms with E-state index < -0.39 is 18.6 Å². The van der Waals surface area contributed by atoms with Crippen LogP contribution < -0.4 is 0 Å². The molecule has 1 rings (SSSR count). The average Bonchev–Trinajstić information content (AvgIpc) is 2.35. The van der Waals surface area contributed by atoms with Crippen molar-refractivity contribution in [1.82, 2.24) is 4.90 Å². The van der Waals surface area contributed by atoms with Crippen molar-refractivity contribution in [3.05, 3.63) is 35.9 Å². The highest BCUT2D eigenvalue weighted by molar-refractivity contribution is 5.77. The monoisotopic (exact) mass is 275 g/mol. The van der Waals surface area contributed by atoms with Crippen LogP contribution in [0.4, 0.5) is 13.2 Å². The summed E-state index contributed by atoms with van der Waals surface area (Å²) in [6, 6.07) is 8.55. The third kappa shape index (κ3) is 6.24. The average molecular weight is 275 g/mol. The Kier molecular flexibility index (Phi) is 5.82. The van der Waals surface area contributed by atoms with Gasteiger partial charge in [0.05, 0.1) is 0 Å². The van der Waals surface area contributed by atoms with E-state index >= 15 is 0 Å². The van der Waals surface area contributed by atoms with E-state index in [1.807, 2.05) is 0 Å². The predicted molar refractivity (Wildman–Crippen MR) is 64.4 cm³/mol. The topological polar surface area (TPSA) is 29.5 Å². The molecule has 0 aliphatic rings. The summed E-state index contributed by atoms with van der Waals surface area (Å²) in [4.78, 5) is 12.4. The number of benzene rings is 1. The molecule has 3 nitrogen and oxygen atoms in total. The van der Waals surface area contributed by atoms with Gasteiger partial charge >= 0.3 is 6.18 Å². The van der Waals surface area contributed by atoms with E-state index in [0.717, 1.165) is 4.90 Å². The number of carbonyl (C=O) groups excluding carboxylic acids is 1. The molecule has 0 aromatic heterocycles. The lowest BCUT2D eigenvalue weighted by Gasteiger charge is -2.24. The number of ether oxygens (including phenoxy) is 1. The number of amides is 1. The summed E-state index contributed by atoms with van der Waals surface area (Å²) >= 11 is 0. The molecule has 0 heterocycles. The molecule has 0 spiro atoms. The molecule has 1 aromatic carbocycles. The summed E-state index contributed by atoms with van der Waals surface area (Å²) in [6.07, 6.45) is -4.42. The summed E-state index contributed by atoms with van der Waals surface area (Å²) in [5.74, 6) is -0.664. The summed E-state index contributed by atoms with van der Waals surface area (Å²) in [5.41, 5.74) is 0.650. The van der Waals surface area contributed by atoms with Gasteiger partial charge in [0.25, 0.3) is 0 Å². The minimum Gasteiger partial charge on any atom is -0.372 e. The van der Waals surface area contributed by atoms with Crippen LogP contribution in [0, 0.1) is 0 Å². The highest BCUT2D eigenvalue weighted by Gasteiger charge is 2.32. The van der Waals surface area contributed by atoms with Crippen molar-refractivity contribution in [2.75, 3.05) is 19.8 Å². The number of hydrogen-bond acceptors (Lipinski definition) is 2. The molecule has 106 valence electrons. The van der Waals surface area contributed by atoms with Gasteiger partial charge in [-0.05, 0) is 12.5 Å². The first-order valence-corrected chi connectivity index (χ1v) is 5.88. The zero-order valence-electron chi connectivity index (χ0n) is 10.6. The van der Waals surface area contributed by atoms with Crippen LogP contribution in [0.1, 0.15) is 12.5 Å². The molecule has 0 aliphatic carbocycles. The van der Waals surface area contributed by atoms with Gasteiger partial charge in [-0.25, -0.2) is 0 Å². The Morgan fingerprint density at radius 2 is 1.89 bits per heavy atom. The molecule has 0 bridgehead atoms. The maximum atomic E-state index is 12.5. The smallest absolute Gasteiger partial charge is 0.372 e. The largest absolute Gasteiger partial charge is 0.406 e. The molecule has 0 N–H and O–H groups in total. The van der Waals surface area contributed by atoms with Crippen LogP contribution in [0.3, 0.4) is 0 Å². The van der Waals surface area contributed by atoms with Crippen LogP contribution >= 0.6 is 0 Å². The number of halogens is 3. The Morgan fingerprint density at radius 3 is 2.42 bits per heavy atom. The zero-order valence-corrected chi connectivity index (χ0v) is 10.6. The Hall–Kier alpha value is -1.56. The lowest BCUT2D eigenvalue weighted by Crippen LogP contribution is -2.40. The van der Waals surface area contributed by atoms with Gasteiger partial charge < -0.3 is 9.64 Å². The number of carbonyl (C=O) groups is 1. The van der Waals surface area contributed by atoms with E-state index in [-0.39, 0.29) is 19.8 Å². The first-order chi connectivity index (χ1) is 8.92. The summed E-state index contributed by atoms with van der Waals surface area (Å²) in [5, 5.41) is 0. The first kappa shape index (κ1) is 15.5. The molecule has 0 atom stereocenters. The van der Waals surface area contributed by atoms with Gasteiger partial charge in [-0.3, -0.25) is 4.79 Å². The lowest BCUT2D eigenvalue weighted by atomic mass is 10.2. The van der Waals surface area contributed by atoms with Crippen LogP contribution in [0.15, 0.2) is 30.3 Å². The predicted octanol–water partition coefficient (Wildman–Crippen LogP) is 2.61. The van der Waals surface area contributed by atoms with Crippen LogP contribution in [0.5, 0.6) is 0 Å². The molecule has 1 amide bonds. The Bertz CT molecular complexity index is 393. The molecular formula is C13H16F3NO2. The van der Waals surface area contributed by atoms with E-state index in [9.17, 15) is 18.0 Å². The molecule has 0 fully saturated rings. The highest BCUT2D eigenvalue weighted by atomic mass is 19.4. The van der Waals surface area contributed by atoms with Gasteiger partial charge in [0, 0.05) is 13.2 Å². The molecule has 1 aromatic rings. The minimum absolute atomic E-state index is 0.0771. The van der Waals surface area contributed by atoms with Gasteiger partial charge in [0.15, 0.2) is 0 Å². The molecular weight excluding hydrogens is 259 g/mol. The van der Waals surface area contributed by atoms with Crippen LogP contribution in [-0.4, -0.2) is 36.7 Å². The normalized spacial score (nSPS) is 11.4.